The molecule has 0 spiro atoms. The average molecular weight is 668 g/mol. The highest BCUT2D eigenvalue weighted by molar-refractivity contribution is 8.00. The maximum Gasteiger partial charge on any atom is 0.413 e. The Morgan fingerprint density at radius 1 is 1.11 bits per heavy atom. The quantitative estimate of drug-likeness (QED) is 0.108. The van der Waals surface area contributed by atoms with Gasteiger partial charge in [0, 0.05) is 16.7 Å². The Kier molecular flexibility index (Phi) is 11.3. The number of thioether (sulfide) groups is 1. The second-order valence-electron chi connectivity index (χ2n) is 11.8. The van der Waals surface area contributed by atoms with Crippen molar-refractivity contribution >= 4 is 69.7 Å². The van der Waals surface area contributed by atoms with Gasteiger partial charge in [-0.15, -0.1) is 23.1 Å². The van der Waals surface area contributed by atoms with Crippen molar-refractivity contribution in [3.05, 3.63) is 28.4 Å². The number of carbonyl (C=O) groups excluding carboxylic acids is 6. The minimum absolute atomic E-state index is 0.143. The van der Waals surface area contributed by atoms with Gasteiger partial charge >= 0.3 is 24.1 Å². The van der Waals surface area contributed by atoms with E-state index in [4.69, 9.17) is 24.7 Å². The summed E-state index contributed by atoms with van der Waals surface area (Å²) in [4.78, 5) is 80.7. The molecule has 2 aliphatic rings. The zero-order valence-corrected chi connectivity index (χ0v) is 27.6. The van der Waals surface area contributed by atoms with E-state index in [0.29, 0.717) is 6.42 Å². The van der Waals surface area contributed by atoms with Crippen LogP contribution in [-0.2, 0) is 38.1 Å². The molecular weight excluding hydrogens is 630 g/mol. The highest BCUT2D eigenvalue weighted by Crippen LogP contribution is 2.41. The lowest BCUT2D eigenvalue weighted by Gasteiger charge is -2.49. The standard InChI is InChI=1S/C28H37N5O10S2/c1-8-9-15(16-12-45-25(30-16)32-26(39)43-28(5,6)7)19(34)31-17-20(35)33-18(14(10-40-24(29)38)11-44-21(17)33)22(36)41-13-42-23(37)27(2,3)4/h9,12,17,21H,8,10-11,13H2,1-7H3,(H2,29,38)(H,31,34)(H,30,32,39)/b15-9-/t17-,21-/m1/s1. The van der Waals surface area contributed by atoms with Crippen LogP contribution in [0.2, 0.25) is 0 Å². The Hall–Kier alpha value is -4.12. The Morgan fingerprint density at radius 2 is 1.80 bits per heavy atom. The van der Waals surface area contributed by atoms with Crippen LogP contribution in [0.5, 0.6) is 0 Å². The number of primary amides is 1. The number of amides is 4. The predicted octanol–water partition coefficient (Wildman–Crippen LogP) is 3.12. The van der Waals surface area contributed by atoms with Gasteiger partial charge in [0.15, 0.2) is 5.13 Å². The summed E-state index contributed by atoms with van der Waals surface area (Å²) in [6.07, 6.45) is 0.332. The summed E-state index contributed by atoms with van der Waals surface area (Å²) in [6.45, 7) is 10.8. The number of fused-ring (bicyclic) bond motifs is 1. The van der Waals surface area contributed by atoms with Crippen LogP contribution in [0.1, 0.15) is 60.6 Å². The predicted molar refractivity (Wildman–Crippen MR) is 164 cm³/mol. The average Bonchev–Trinajstić information content (AvgIpc) is 3.38. The molecule has 2 aliphatic heterocycles. The van der Waals surface area contributed by atoms with Crippen molar-refractivity contribution < 1.29 is 47.7 Å². The minimum Gasteiger partial charge on any atom is -0.445 e. The first-order valence-electron chi connectivity index (χ1n) is 13.8. The fourth-order valence-corrected chi connectivity index (χ4v) is 5.97. The van der Waals surface area contributed by atoms with Gasteiger partial charge in [0.2, 0.25) is 6.79 Å². The number of anilines is 1. The first-order valence-corrected chi connectivity index (χ1v) is 15.8. The van der Waals surface area contributed by atoms with Gasteiger partial charge in [-0.25, -0.2) is 19.4 Å². The number of nitrogens with two attached hydrogens (primary N) is 1. The lowest BCUT2D eigenvalue weighted by Crippen LogP contribution is -2.70. The smallest absolute Gasteiger partial charge is 0.413 e. The summed E-state index contributed by atoms with van der Waals surface area (Å²) in [5.74, 6) is -2.65. The molecule has 45 heavy (non-hydrogen) atoms. The zero-order valence-electron chi connectivity index (χ0n) is 26.0. The van der Waals surface area contributed by atoms with Gasteiger partial charge in [-0.2, -0.15) is 0 Å². The Labute approximate surface area is 268 Å². The van der Waals surface area contributed by atoms with Crippen LogP contribution >= 0.6 is 23.1 Å². The number of rotatable bonds is 10. The number of allylic oxidation sites excluding steroid dienone is 1. The van der Waals surface area contributed by atoms with Crippen molar-refractivity contribution in [1.82, 2.24) is 15.2 Å². The molecule has 0 bridgehead atoms. The normalized spacial score (nSPS) is 18.3. The lowest BCUT2D eigenvalue weighted by molar-refractivity contribution is -0.173. The van der Waals surface area contributed by atoms with E-state index < -0.39 is 65.2 Å². The third-order valence-corrected chi connectivity index (χ3v) is 8.05. The van der Waals surface area contributed by atoms with E-state index in [0.717, 1.165) is 16.2 Å². The van der Waals surface area contributed by atoms with Crippen LogP contribution in [-0.4, -0.2) is 82.0 Å². The largest absolute Gasteiger partial charge is 0.445 e. The Bertz CT molecular complexity index is 1420. The van der Waals surface area contributed by atoms with Gasteiger partial charge < -0.3 is 30.0 Å². The maximum absolute atomic E-state index is 13.4. The van der Waals surface area contributed by atoms with E-state index >= 15 is 0 Å². The molecule has 4 N–H and O–H groups in total. The molecule has 0 aromatic carbocycles. The van der Waals surface area contributed by atoms with Gasteiger partial charge in [-0.1, -0.05) is 13.0 Å². The molecule has 0 unspecified atom stereocenters. The SMILES string of the molecule is CC/C=C(\C(=O)N[C@@H]1C(=O)N2C(C(=O)OCOC(=O)C(C)(C)C)=C(COC(N)=O)CS[C@H]12)c1csc(NC(=O)OC(C)(C)C)n1. The van der Waals surface area contributed by atoms with Gasteiger partial charge in [-0.05, 0) is 48.0 Å². The van der Waals surface area contributed by atoms with Crippen LogP contribution < -0.4 is 16.4 Å². The number of thiazole rings is 1. The fourth-order valence-electron chi connectivity index (χ4n) is 3.94. The fraction of sp³-hybridized carbons (Fsp3) is 0.536. The second kappa shape index (κ2) is 14.3. The summed E-state index contributed by atoms with van der Waals surface area (Å²) in [6, 6.07) is -1.01. The number of hydrogen-bond acceptors (Lipinski definition) is 13. The summed E-state index contributed by atoms with van der Waals surface area (Å²) < 4.78 is 20.2. The van der Waals surface area contributed by atoms with Crippen molar-refractivity contribution in [1.29, 1.82) is 0 Å². The van der Waals surface area contributed by atoms with Crippen LogP contribution in [0.25, 0.3) is 5.57 Å². The third-order valence-electron chi connectivity index (χ3n) is 5.95. The molecule has 1 saturated heterocycles. The Morgan fingerprint density at radius 3 is 2.40 bits per heavy atom. The first-order chi connectivity index (χ1) is 20.9. The topological polar surface area (TPSA) is 206 Å². The van der Waals surface area contributed by atoms with Crippen LogP contribution in [0.4, 0.5) is 14.7 Å². The molecular formula is C28H37N5O10S2. The summed E-state index contributed by atoms with van der Waals surface area (Å²) in [5.41, 5.74) is 4.07. The van der Waals surface area contributed by atoms with Gasteiger partial charge in [0.25, 0.3) is 11.8 Å². The molecule has 1 fully saturated rings. The molecule has 0 saturated carbocycles. The van der Waals surface area contributed by atoms with E-state index in [1.807, 2.05) is 6.92 Å². The summed E-state index contributed by atoms with van der Waals surface area (Å²) >= 11 is 2.32. The maximum atomic E-state index is 13.4. The highest BCUT2D eigenvalue weighted by Gasteiger charge is 2.54. The summed E-state index contributed by atoms with van der Waals surface area (Å²) in [5, 5.41) is 6.36. The monoisotopic (exact) mass is 667 g/mol. The number of carbonyl (C=O) groups is 6. The number of β-lactam (4-membered cyclic amide) rings is 1. The molecule has 0 aliphatic carbocycles. The second-order valence-corrected chi connectivity index (χ2v) is 13.8. The van der Waals surface area contributed by atoms with Crippen molar-refractivity contribution in [3.63, 3.8) is 0 Å². The molecule has 17 heteroatoms. The van der Waals surface area contributed by atoms with Crippen molar-refractivity contribution in [3.8, 4) is 0 Å². The first kappa shape index (κ1) is 35.4. The number of aromatic nitrogens is 1. The van der Waals surface area contributed by atoms with E-state index in [9.17, 15) is 28.8 Å². The van der Waals surface area contributed by atoms with Crippen molar-refractivity contribution in [2.45, 2.75) is 71.9 Å². The molecule has 4 amide bonds. The number of nitrogens with one attached hydrogen (secondary N) is 2. The molecule has 3 heterocycles. The van der Waals surface area contributed by atoms with Crippen molar-refractivity contribution in [2.75, 3.05) is 24.5 Å². The molecule has 3 rings (SSSR count). The molecule has 2 atom stereocenters. The zero-order chi connectivity index (χ0) is 33.7. The molecule has 15 nitrogen and oxygen atoms in total. The number of nitrogens with zero attached hydrogens (tertiary/aromatic N) is 2. The van der Waals surface area contributed by atoms with E-state index in [1.54, 1.807) is 53.0 Å². The molecule has 1 aromatic rings. The van der Waals surface area contributed by atoms with Crippen molar-refractivity contribution in [2.24, 2.45) is 11.1 Å². The molecule has 1 aromatic heterocycles. The van der Waals surface area contributed by atoms with E-state index in [1.165, 1.54) is 11.8 Å². The van der Waals surface area contributed by atoms with Gasteiger partial charge in [0.1, 0.15) is 29.3 Å². The van der Waals surface area contributed by atoms with Gasteiger partial charge in [-0.3, -0.25) is 24.6 Å². The molecule has 246 valence electrons. The van der Waals surface area contributed by atoms with Crippen LogP contribution in [0.15, 0.2) is 22.7 Å². The number of hydrogen-bond donors (Lipinski definition) is 3. The highest BCUT2D eigenvalue weighted by atomic mass is 32.2. The van der Waals surface area contributed by atoms with E-state index in [-0.39, 0.29) is 40.0 Å². The van der Waals surface area contributed by atoms with Crippen LogP contribution in [0.3, 0.4) is 0 Å². The lowest BCUT2D eigenvalue weighted by atomic mass is 9.98. The minimum atomic E-state index is -1.08. The number of ether oxygens (including phenoxy) is 4. The van der Waals surface area contributed by atoms with Crippen LogP contribution in [0, 0.1) is 5.41 Å². The van der Waals surface area contributed by atoms with E-state index in [2.05, 4.69) is 15.6 Å². The number of esters is 2. The molecule has 0 radical (unpaired) electrons. The van der Waals surface area contributed by atoms with Gasteiger partial charge in [0.05, 0.1) is 16.7 Å². The summed E-state index contributed by atoms with van der Waals surface area (Å²) in [7, 11) is 0. The Balaban J connectivity index is 1.74. The third kappa shape index (κ3) is 9.20.